The fourth-order valence-electron chi connectivity index (χ4n) is 1.92. The molecule has 3 amide bonds. The Kier molecular flexibility index (Phi) is 3.59. The van der Waals surface area contributed by atoms with Crippen LogP contribution in [0.15, 0.2) is 24.3 Å². The number of likely N-dealkylation sites (tertiary alicyclic amines) is 1. The van der Waals surface area contributed by atoms with Gasteiger partial charge in [-0.2, -0.15) is 0 Å². The van der Waals surface area contributed by atoms with E-state index in [0.717, 1.165) is 4.90 Å². The van der Waals surface area contributed by atoms with Crippen LogP contribution in [0.2, 0.25) is 0 Å². The molecule has 5 nitrogen and oxygen atoms in total. The first-order valence-corrected chi connectivity index (χ1v) is 5.90. The Balaban J connectivity index is 2.05. The molecule has 1 N–H and O–H groups in total. The molecular formula is C13H13FN2O3. The number of carbonyl (C=O) groups is 3. The van der Waals surface area contributed by atoms with E-state index in [4.69, 9.17) is 0 Å². The van der Waals surface area contributed by atoms with Crippen molar-refractivity contribution in [1.29, 1.82) is 0 Å². The first-order chi connectivity index (χ1) is 8.99. The van der Waals surface area contributed by atoms with Crippen molar-refractivity contribution in [3.8, 4) is 0 Å². The summed E-state index contributed by atoms with van der Waals surface area (Å²) in [5.74, 6) is -1.57. The Hall–Kier alpha value is -2.24. The lowest BCUT2D eigenvalue weighted by atomic mass is 10.2. The number of benzene rings is 1. The van der Waals surface area contributed by atoms with Crippen LogP contribution in [0.5, 0.6) is 0 Å². The topological polar surface area (TPSA) is 66.5 Å². The number of nitrogens with zero attached hydrogens (tertiary/aromatic N) is 1. The molecule has 1 atom stereocenters. The zero-order chi connectivity index (χ0) is 14.0. The third kappa shape index (κ3) is 2.78. The molecule has 0 bridgehead atoms. The van der Waals surface area contributed by atoms with Gasteiger partial charge in [0.1, 0.15) is 11.9 Å². The maximum Gasteiger partial charge on any atom is 0.247 e. The molecule has 1 aliphatic rings. The zero-order valence-electron chi connectivity index (χ0n) is 10.4. The fourth-order valence-corrected chi connectivity index (χ4v) is 1.92. The highest BCUT2D eigenvalue weighted by Gasteiger charge is 2.36. The summed E-state index contributed by atoms with van der Waals surface area (Å²) >= 11 is 0. The number of carbonyl (C=O) groups excluding carboxylic acids is 3. The Bertz CT molecular complexity index is 511. The van der Waals surface area contributed by atoms with E-state index in [-0.39, 0.29) is 24.7 Å². The van der Waals surface area contributed by atoms with E-state index in [1.807, 2.05) is 0 Å². The van der Waals surface area contributed by atoms with Gasteiger partial charge in [0, 0.05) is 18.5 Å². The number of hydrogen-bond acceptors (Lipinski definition) is 3. The molecule has 1 heterocycles. The van der Waals surface area contributed by atoms with Gasteiger partial charge in [-0.3, -0.25) is 19.3 Å². The predicted molar refractivity (Wildman–Crippen MR) is 65.6 cm³/mol. The molecular weight excluding hydrogens is 251 g/mol. The molecule has 6 heteroatoms. The Labute approximate surface area is 109 Å². The summed E-state index contributed by atoms with van der Waals surface area (Å²) in [5, 5.41) is 2.54. The molecule has 1 aromatic rings. The maximum absolute atomic E-state index is 12.7. The van der Waals surface area contributed by atoms with Crippen LogP contribution >= 0.6 is 0 Å². The van der Waals surface area contributed by atoms with E-state index in [2.05, 4.69) is 5.32 Å². The Morgan fingerprint density at radius 1 is 1.21 bits per heavy atom. The van der Waals surface area contributed by atoms with Gasteiger partial charge in [-0.15, -0.1) is 0 Å². The summed E-state index contributed by atoms with van der Waals surface area (Å²) in [5.41, 5.74) is 0.414. The Morgan fingerprint density at radius 3 is 2.26 bits per heavy atom. The molecule has 1 aliphatic heterocycles. The van der Waals surface area contributed by atoms with E-state index in [9.17, 15) is 18.8 Å². The quantitative estimate of drug-likeness (QED) is 0.837. The van der Waals surface area contributed by atoms with E-state index in [1.165, 1.54) is 31.2 Å². The van der Waals surface area contributed by atoms with Crippen LogP contribution in [-0.2, 0) is 14.4 Å². The lowest BCUT2D eigenvalue weighted by Crippen LogP contribution is -2.44. The minimum atomic E-state index is -0.868. The first kappa shape index (κ1) is 13.2. The van der Waals surface area contributed by atoms with Gasteiger partial charge in [0.25, 0.3) is 0 Å². The number of imide groups is 1. The minimum absolute atomic E-state index is 0.146. The van der Waals surface area contributed by atoms with E-state index < -0.39 is 17.8 Å². The third-order valence-electron chi connectivity index (χ3n) is 2.97. The largest absolute Gasteiger partial charge is 0.324 e. The van der Waals surface area contributed by atoms with E-state index in [1.54, 1.807) is 0 Å². The summed E-state index contributed by atoms with van der Waals surface area (Å²) in [4.78, 5) is 35.9. The molecule has 100 valence electrons. The van der Waals surface area contributed by atoms with Gasteiger partial charge in [0.15, 0.2) is 0 Å². The summed E-state index contributed by atoms with van der Waals surface area (Å²) < 4.78 is 12.7. The molecule has 1 aromatic carbocycles. The normalized spacial score (nSPS) is 16.6. The van der Waals surface area contributed by atoms with E-state index in [0.29, 0.717) is 5.69 Å². The molecule has 0 spiro atoms. The zero-order valence-corrected chi connectivity index (χ0v) is 10.4. The van der Waals surface area contributed by atoms with Crippen LogP contribution in [0.3, 0.4) is 0 Å². The van der Waals surface area contributed by atoms with Crippen LogP contribution in [0.1, 0.15) is 19.8 Å². The number of anilines is 1. The van der Waals surface area contributed by atoms with E-state index >= 15 is 0 Å². The van der Waals surface area contributed by atoms with Crippen molar-refractivity contribution in [1.82, 2.24) is 4.90 Å². The fraction of sp³-hybridized carbons (Fsp3) is 0.308. The number of halogens is 1. The highest BCUT2D eigenvalue weighted by molar-refractivity contribution is 6.07. The second-order valence-electron chi connectivity index (χ2n) is 4.33. The number of amides is 3. The second kappa shape index (κ2) is 5.17. The van der Waals surface area contributed by atoms with Gasteiger partial charge in [0.05, 0.1) is 0 Å². The Morgan fingerprint density at radius 2 is 1.74 bits per heavy atom. The van der Waals surface area contributed by atoms with Crippen LogP contribution in [-0.4, -0.2) is 28.7 Å². The number of hydrogen-bond donors (Lipinski definition) is 1. The summed E-state index contributed by atoms with van der Waals surface area (Å²) in [7, 11) is 0. The second-order valence-corrected chi connectivity index (χ2v) is 4.33. The van der Waals surface area contributed by atoms with Gasteiger partial charge in [-0.1, -0.05) is 0 Å². The van der Waals surface area contributed by atoms with Crippen LogP contribution in [0.25, 0.3) is 0 Å². The summed E-state index contributed by atoms with van der Waals surface area (Å²) in [6.45, 7) is 1.49. The van der Waals surface area contributed by atoms with Crippen molar-refractivity contribution in [3.63, 3.8) is 0 Å². The van der Waals surface area contributed by atoms with Gasteiger partial charge in [-0.25, -0.2) is 4.39 Å². The molecule has 0 aliphatic carbocycles. The molecule has 19 heavy (non-hydrogen) atoms. The first-order valence-electron chi connectivity index (χ1n) is 5.90. The average Bonchev–Trinajstić information content (AvgIpc) is 2.71. The van der Waals surface area contributed by atoms with Gasteiger partial charge in [0.2, 0.25) is 17.7 Å². The highest BCUT2D eigenvalue weighted by atomic mass is 19.1. The molecule has 2 rings (SSSR count). The summed E-state index contributed by atoms with van der Waals surface area (Å²) in [6, 6.07) is 4.38. The third-order valence-corrected chi connectivity index (χ3v) is 2.97. The van der Waals surface area contributed by atoms with Crippen LogP contribution in [0.4, 0.5) is 10.1 Å². The van der Waals surface area contributed by atoms with Crippen molar-refractivity contribution in [3.05, 3.63) is 30.1 Å². The van der Waals surface area contributed by atoms with Crippen molar-refractivity contribution >= 4 is 23.4 Å². The number of rotatable bonds is 3. The molecule has 0 aromatic heterocycles. The average molecular weight is 264 g/mol. The SMILES string of the molecule is CC(C(=O)Nc1ccc(F)cc1)N1C(=O)CCC1=O. The predicted octanol–water partition coefficient (Wildman–Crippen LogP) is 1.30. The van der Waals surface area contributed by atoms with Crippen LogP contribution in [0, 0.1) is 5.82 Å². The van der Waals surface area contributed by atoms with Crippen molar-refractivity contribution in [2.45, 2.75) is 25.8 Å². The van der Waals surface area contributed by atoms with Crippen LogP contribution < -0.4 is 5.32 Å². The smallest absolute Gasteiger partial charge is 0.247 e. The lowest BCUT2D eigenvalue weighted by molar-refractivity contribution is -0.144. The minimum Gasteiger partial charge on any atom is -0.324 e. The van der Waals surface area contributed by atoms with Gasteiger partial charge < -0.3 is 5.32 Å². The maximum atomic E-state index is 12.7. The molecule has 1 unspecified atom stereocenters. The highest BCUT2D eigenvalue weighted by Crippen LogP contribution is 2.17. The van der Waals surface area contributed by atoms with Crippen molar-refractivity contribution < 1.29 is 18.8 Å². The molecule has 1 saturated heterocycles. The van der Waals surface area contributed by atoms with Gasteiger partial charge in [-0.05, 0) is 31.2 Å². The number of nitrogens with one attached hydrogen (secondary N) is 1. The standard InChI is InChI=1S/C13H13FN2O3/c1-8(16-11(17)6-7-12(16)18)13(19)15-10-4-2-9(14)3-5-10/h2-5,8H,6-7H2,1H3,(H,15,19). The van der Waals surface area contributed by atoms with Crippen molar-refractivity contribution in [2.24, 2.45) is 0 Å². The molecule has 0 radical (unpaired) electrons. The monoisotopic (exact) mass is 264 g/mol. The molecule has 0 saturated carbocycles. The van der Waals surface area contributed by atoms with Crippen molar-refractivity contribution in [2.75, 3.05) is 5.32 Å². The lowest BCUT2D eigenvalue weighted by Gasteiger charge is -2.21. The van der Waals surface area contributed by atoms with Gasteiger partial charge >= 0.3 is 0 Å². The molecule has 1 fully saturated rings. The summed E-state index contributed by atoms with van der Waals surface area (Å²) in [6.07, 6.45) is 0.292.